The molecule has 1 unspecified atom stereocenters. The van der Waals surface area contributed by atoms with Crippen LogP contribution in [0.1, 0.15) is 17.3 Å². The largest absolute Gasteiger partial charge is 0.497 e. The van der Waals surface area contributed by atoms with Crippen LogP contribution in [0, 0.1) is 5.82 Å². The van der Waals surface area contributed by atoms with Crippen molar-refractivity contribution in [2.75, 3.05) is 38.6 Å². The van der Waals surface area contributed by atoms with E-state index in [4.69, 9.17) is 4.74 Å². The number of piperazine rings is 1. The maximum Gasteiger partial charge on any atom is 0.256 e. The molecule has 6 nitrogen and oxygen atoms in total. The Balaban J connectivity index is 1.54. The molecule has 1 atom stereocenters. The molecule has 0 radical (unpaired) electrons. The van der Waals surface area contributed by atoms with Crippen molar-refractivity contribution in [2.45, 2.75) is 13.0 Å². The summed E-state index contributed by atoms with van der Waals surface area (Å²) in [7, 11) is 1.59. The highest BCUT2D eigenvalue weighted by molar-refractivity contribution is 5.95. The number of hydrogen-bond donors (Lipinski definition) is 1. The topological polar surface area (TPSA) is 61.9 Å². The third-order valence-corrected chi connectivity index (χ3v) is 4.99. The summed E-state index contributed by atoms with van der Waals surface area (Å²) in [5, 5.41) is 2.89. The minimum Gasteiger partial charge on any atom is -0.497 e. The third kappa shape index (κ3) is 4.48. The van der Waals surface area contributed by atoms with Gasteiger partial charge in [0.1, 0.15) is 11.6 Å². The van der Waals surface area contributed by atoms with Gasteiger partial charge in [0.15, 0.2) is 0 Å². The van der Waals surface area contributed by atoms with Gasteiger partial charge in [-0.1, -0.05) is 12.1 Å². The Kier molecular flexibility index (Phi) is 6.26. The second kappa shape index (κ2) is 8.84. The molecule has 1 fully saturated rings. The number of benzene rings is 2. The van der Waals surface area contributed by atoms with Crippen molar-refractivity contribution in [3.63, 3.8) is 0 Å². The van der Waals surface area contributed by atoms with Gasteiger partial charge in [-0.3, -0.25) is 14.5 Å². The lowest BCUT2D eigenvalue weighted by Gasteiger charge is -2.37. The lowest BCUT2D eigenvalue weighted by molar-refractivity contribution is -0.121. The SMILES string of the molecule is COc1ccc(NC(=O)C(C)N2CCN(C(=O)c3ccccc3F)CC2)cc1. The quantitative estimate of drug-likeness (QED) is 0.860. The first kappa shape index (κ1) is 19.8. The monoisotopic (exact) mass is 385 g/mol. The highest BCUT2D eigenvalue weighted by atomic mass is 19.1. The van der Waals surface area contributed by atoms with Crippen LogP contribution in [0.4, 0.5) is 10.1 Å². The molecule has 0 saturated carbocycles. The molecule has 2 aromatic rings. The van der Waals surface area contributed by atoms with Crippen molar-refractivity contribution in [2.24, 2.45) is 0 Å². The van der Waals surface area contributed by atoms with Crippen molar-refractivity contribution in [3.8, 4) is 5.75 Å². The second-order valence-corrected chi connectivity index (χ2v) is 6.70. The van der Waals surface area contributed by atoms with Gasteiger partial charge in [-0.25, -0.2) is 4.39 Å². The number of carbonyl (C=O) groups excluding carboxylic acids is 2. The summed E-state index contributed by atoms with van der Waals surface area (Å²) in [5.41, 5.74) is 0.785. The first-order chi connectivity index (χ1) is 13.5. The highest BCUT2D eigenvalue weighted by Crippen LogP contribution is 2.17. The molecule has 0 aromatic heterocycles. The minimum atomic E-state index is -0.512. The number of ether oxygens (including phenoxy) is 1. The van der Waals surface area contributed by atoms with Crippen molar-refractivity contribution in [3.05, 3.63) is 59.9 Å². The van der Waals surface area contributed by atoms with E-state index in [0.29, 0.717) is 31.9 Å². The summed E-state index contributed by atoms with van der Waals surface area (Å²) >= 11 is 0. The third-order valence-electron chi connectivity index (χ3n) is 4.99. The van der Waals surface area contributed by atoms with Crippen LogP contribution in [0.5, 0.6) is 5.75 Å². The fourth-order valence-electron chi connectivity index (χ4n) is 3.20. The fraction of sp³-hybridized carbons (Fsp3) is 0.333. The Bertz CT molecular complexity index is 833. The Hall–Kier alpha value is -2.93. The van der Waals surface area contributed by atoms with Crippen LogP contribution < -0.4 is 10.1 Å². The molecule has 3 rings (SSSR count). The Morgan fingerprint density at radius 3 is 2.29 bits per heavy atom. The zero-order valence-corrected chi connectivity index (χ0v) is 16.0. The molecule has 0 aliphatic carbocycles. The Morgan fingerprint density at radius 1 is 1.04 bits per heavy atom. The molecule has 7 heteroatoms. The van der Waals surface area contributed by atoms with Crippen LogP contribution in [0.15, 0.2) is 48.5 Å². The van der Waals surface area contributed by atoms with Crippen LogP contribution in [0.3, 0.4) is 0 Å². The summed E-state index contributed by atoms with van der Waals surface area (Å²) in [6.45, 7) is 3.85. The predicted molar refractivity (Wildman–Crippen MR) is 105 cm³/mol. The number of amides is 2. The van der Waals surface area contributed by atoms with Gasteiger partial charge in [-0.15, -0.1) is 0 Å². The fourth-order valence-corrected chi connectivity index (χ4v) is 3.20. The van der Waals surface area contributed by atoms with Crippen molar-refractivity contribution >= 4 is 17.5 Å². The average Bonchev–Trinajstić information content (AvgIpc) is 2.73. The van der Waals surface area contributed by atoms with Gasteiger partial charge >= 0.3 is 0 Å². The van der Waals surface area contributed by atoms with Gasteiger partial charge in [0, 0.05) is 31.9 Å². The molecule has 28 heavy (non-hydrogen) atoms. The van der Waals surface area contributed by atoms with Gasteiger partial charge < -0.3 is 15.0 Å². The summed E-state index contributed by atoms with van der Waals surface area (Å²) in [5.74, 6) is -0.212. The number of nitrogens with one attached hydrogen (secondary N) is 1. The van der Waals surface area contributed by atoms with Crippen molar-refractivity contribution in [1.29, 1.82) is 0 Å². The van der Waals surface area contributed by atoms with E-state index in [-0.39, 0.29) is 23.4 Å². The maximum atomic E-state index is 13.8. The molecule has 2 amide bonds. The molecule has 1 heterocycles. The zero-order chi connectivity index (χ0) is 20.1. The maximum absolute atomic E-state index is 13.8. The molecule has 2 aromatic carbocycles. The van der Waals surface area contributed by atoms with E-state index in [9.17, 15) is 14.0 Å². The first-order valence-electron chi connectivity index (χ1n) is 9.22. The second-order valence-electron chi connectivity index (χ2n) is 6.70. The van der Waals surface area contributed by atoms with Gasteiger partial charge in [-0.2, -0.15) is 0 Å². The smallest absolute Gasteiger partial charge is 0.256 e. The summed E-state index contributed by atoms with van der Waals surface area (Å²) in [6.07, 6.45) is 0. The number of hydrogen-bond acceptors (Lipinski definition) is 4. The highest BCUT2D eigenvalue weighted by Gasteiger charge is 2.28. The lowest BCUT2D eigenvalue weighted by atomic mass is 10.1. The lowest BCUT2D eigenvalue weighted by Crippen LogP contribution is -2.54. The van der Waals surface area contributed by atoms with Crippen LogP contribution in [-0.4, -0.2) is 60.9 Å². The molecular weight excluding hydrogens is 361 g/mol. The number of anilines is 1. The number of rotatable bonds is 5. The van der Waals surface area contributed by atoms with Crippen molar-refractivity contribution < 1.29 is 18.7 Å². The molecule has 1 N–H and O–H groups in total. The van der Waals surface area contributed by atoms with Crippen LogP contribution in [-0.2, 0) is 4.79 Å². The van der Waals surface area contributed by atoms with Gasteiger partial charge in [-0.05, 0) is 43.3 Å². The predicted octanol–water partition coefficient (Wildman–Crippen LogP) is 2.62. The molecule has 1 aliphatic rings. The van der Waals surface area contributed by atoms with E-state index in [1.165, 1.54) is 12.1 Å². The van der Waals surface area contributed by atoms with Crippen LogP contribution >= 0.6 is 0 Å². The molecule has 1 saturated heterocycles. The van der Waals surface area contributed by atoms with Crippen LogP contribution in [0.25, 0.3) is 0 Å². The van der Waals surface area contributed by atoms with Gasteiger partial charge in [0.05, 0.1) is 18.7 Å². The summed E-state index contributed by atoms with van der Waals surface area (Å²) < 4.78 is 19.0. The van der Waals surface area contributed by atoms with E-state index in [2.05, 4.69) is 5.32 Å². The van der Waals surface area contributed by atoms with E-state index in [1.807, 2.05) is 11.8 Å². The average molecular weight is 385 g/mol. The number of nitrogens with zero attached hydrogens (tertiary/aromatic N) is 2. The molecule has 148 valence electrons. The molecule has 1 aliphatic heterocycles. The van der Waals surface area contributed by atoms with E-state index >= 15 is 0 Å². The minimum absolute atomic E-state index is 0.0845. The first-order valence-corrected chi connectivity index (χ1v) is 9.22. The summed E-state index contributed by atoms with van der Waals surface area (Å²) in [4.78, 5) is 28.7. The van der Waals surface area contributed by atoms with Crippen molar-refractivity contribution in [1.82, 2.24) is 9.80 Å². The molecular formula is C21H24FN3O3. The van der Waals surface area contributed by atoms with E-state index in [0.717, 1.165) is 5.75 Å². The number of carbonyl (C=O) groups is 2. The Morgan fingerprint density at radius 2 is 1.68 bits per heavy atom. The van der Waals surface area contributed by atoms with Gasteiger partial charge in [0.2, 0.25) is 5.91 Å². The summed E-state index contributed by atoms with van der Waals surface area (Å²) in [6, 6.07) is 12.8. The van der Waals surface area contributed by atoms with Crippen LogP contribution in [0.2, 0.25) is 0 Å². The molecule has 0 spiro atoms. The normalized spacial score (nSPS) is 15.8. The molecule has 0 bridgehead atoms. The van der Waals surface area contributed by atoms with E-state index in [1.54, 1.807) is 48.4 Å². The number of methoxy groups -OCH3 is 1. The number of halogens is 1. The van der Waals surface area contributed by atoms with E-state index < -0.39 is 5.82 Å². The zero-order valence-electron chi connectivity index (χ0n) is 16.0. The Labute approximate surface area is 163 Å². The standard InChI is InChI=1S/C21H24FN3O3/c1-15(20(26)23-16-7-9-17(28-2)10-8-16)24-11-13-25(14-12-24)21(27)18-5-3-4-6-19(18)22/h3-10,15H,11-14H2,1-2H3,(H,23,26). The van der Waals surface area contributed by atoms with Gasteiger partial charge in [0.25, 0.3) is 5.91 Å².